The average Bonchev–Trinajstić information content (AvgIpc) is 2.81. The molecule has 17 heavy (non-hydrogen) atoms. The number of aromatic nitrogens is 1. The molecule has 0 N–H and O–H groups in total. The van der Waals surface area contributed by atoms with Gasteiger partial charge in [-0.05, 0) is 23.2 Å². The summed E-state index contributed by atoms with van der Waals surface area (Å²) in [6.07, 6.45) is 2.61. The number of furan rings is 1. The molecule has 0 aliphatic carbocycles. The highest BCUT2D eigenvalue weighted by molar-refractivity contribution is 6.52. The third-order valence-corrected chi connectivity index (χ3v) is 2.39. The Morgan fingerprint density at radius 1 is 1.18 bits per heavy atom. The number of aliphatic imine (C=N–C) groups is 1. The summed E-state index contributed by atoms with van der Waals surface area (Å²) in [7, 11) is -4.16. The van der Waals surface area contributed by atoms with Crippen LogP contribution < -0.4 is 4.48 Å². The maximum atomic E-state index is 13.7. The highest BCUT2D eigenvalue weighted by Gasteiger charge is 2.46. The quantitative estimate of drug-likeness (QED) is 0.709. The van der Waals surface area contributed by atoms with Crippen molar-refractivity contribution in [3.05, 3.63) is 48.6 Å². The van der Waals surface area contributed by atoms with Crippen LogP contribution in [0.4, 0.5) is 14.4 Å². The van der Waals surface area contributed by atoms with Crippen molar-refractivity contribution in [1.82, 2.24) is 0 Å². The van der Waals surface area contributed by atoms with Gasteiger partial charge in [-0.1, -0.05) is 6.07 Å². The fourth-order valence-corrected chi connectivity index (χ4v) is 1.63. The second kappa shape index (κ2) is 3.41. The van der Waals surface area contributed by atoms with E-state index in [1.807, 2.05) is 0 Å². The molecule has 0 saturated carbocycles. The van der Waals surface area contributed by atoms with Crippen LogP contribution in [0.5, 0.6) is 0 Å². The monoisotopic (exact) mass is 236 g/mol. The van der Waals surface area contributed by atoms with Crippen LogP contribution in [0.25, 0.3) is 0 Å². The van der Waals surface area contributed by atoms with E-state index in [-0.39, 0.29) is 17.5 Å². The van der Waals surface area contributed by atoms with Crippen molar-refractivity contribution < 1.29 is 22.2 Å². The maximum absolute atomic E-state index is 13.7. The Kier molecular flexibility index (Phi) is 2.01. The van der Waals surface area contributed by atoms with Crippen LogP contribution >= 0.6 is 0 Å². The minimum absolute atomic E-state index is 0.134. The molecule has 4 nitrogen and oxygen atoms in total. The predicted molar refractivity (Wildman–Crippen MR) is 56.0 cm³/mol. The van der Waals surface area contributed by atoms with Gasteiger partial charge in [-0.2, -0.15) is 0 Å². The van der Waals surface area contributed by atoms with Gasteiger partial charge < -0.3 is 22.2 Å². The highest BCUT2D eigenvalue weighted by atomic mass is 19.3. The van der Waals surface area contributed by atoms with Gasteiger partial charge in [-0.15, -0.1) is 0 Å². The molecule has 0 saturated heterocycles. The number of hydrogen-bond acceptors (Lipinski definition) is 3. The number of nitrogens with zero attached hydrogens (tertiary/aromatic N) is 2. The van der Waals surface area contributed by atoms with Crippen molar-refractivity contribution in [2.24, 2.45) is 4.99 Å². The Hall–Kier alpha value is -2.18. The largest absolute Gasteiger partial charge is 0.736 e. The lowest BCUT2D eigenvalue weighted by Crippen LogP contribution is -2.63. The summed E-state index contributed by atoms with van der Waals surface area (Å²) in [6, 6.07) is 7.72. The SMILES string of the molecule is F[B-]1(F)OC(c2ccco2)=Nc2cccc[n+]21. The van der Waals surface area contributed by atoms with Crippen molar-refractivity contribution in [2.45, 2.75) is 0 Å². The second-order valence-corrected chi connectivity index (χ2v) is 3.54. The lowest BCUT2D eigenvalue weighted by molar-refractivity contribution is -0.568. The first-order valence-electron chi connectivity index (χ1n) is 5.00. The zero-order valence-electron chi connectivity index (χ0n) is 8.59. The van der Waals surface area contributed by atoms with Crippen molar-refractivity contribution in [2.75, 3.05) is 0 Å². The van der Waals surface area contributed by atoms with Crippen molar-refractivity contribution >= 4 is 18.8 Å². The second-order valence-electron chi connectivity index (χ2n) is 3.54. The van der Waals surface area contributed by atoms with E-state index in [0.717, 1.165) is 0 Å². The molecule has 0 aromatic carbocycles. The van der Waals surface area contributed by atoms with Gasteiger partial charge in [0.25, 0.3) is 5.82 Å². The first kappa shape index (κ1) is 10.0. The van der Waals surface area contributed by atoms with Crippen LogP contribution in [0.1, 0.15) is 5.76 Å². The normalized spacial score (nSPS) is 16.9. The summed E-state index contributed by atoms with van der Waals surface area (Å²) >= 11 is 0. The van der Waals surface area contributed by atoms with E-state index >= 15 is 0 Å². The van der Waals surface area contributed by atoms with Crippen molar-refractivity contribution in [1.29, 1.82) is 0 Å². The highest BCUT2D eigenvalue weighted by Crippen LogP contribution is 2.21. The minimum atomic E-state index is -4.16. The Labute approximate surface area is 95.2 Å². The number of fused-ring (bicyclic) bond motifs is 1. The smallest absolute Gasteiger partial charge is 0.587 e. The molecule has 0 unspecified atom stereocenters. The zero-order chi connectivity index (χ0) is 11.9. The fraction of sp³-hybridized carbons (Fsp3) is 0. The minimum Gasteiger partial charge on any atom is -0.587 e. The summed E-state index contributed by atoms with van der Waals surface area (Å²) in [4.78, 5) is 3.98. The molecule has 2 aromatic heterocycles. The van der Waals surface area contributed by atoms with Crippen LogP contribution in [0.15, 0.2) is 52.2 Å². The standard InChI is InChI=1S/C10H7BF2N2O2/c12-11(13)15-6-2-1-5-9(15)14-10(17-11)8-4-3-7-16-8/h1-7H. The summed E-state index contributed by atoms with van der Waals surface area (Å²) < 4.78 is 37.7. The number of halogens is 2. The fourth-order valence-electron chi connectivity index (χ4n) is 1.63. The average molecular weight is 236 g/mol. The Bertz CT molecular complexity index is 584. The van der Waals surface area contributed by atoms with Crippen LogP contribution in [0, 0.1) is 0 Å². The van der Waals surface area contributed by atoms with Crippen LogP contribution in [-0.4, -0.2) is 12.9 Å². The van der Waals surface area contributed by atoms with Gasteiger partial charge in [0.1, 0.15) is 0 Å². The molecule has 0 radical (unpaired) electrons. The number of pyridine rings is 1. The molecule has 2 aromatic rings. The van der Waals surface area contributed by atoms with Crippen LogP contribution in [-0.2, 0) is 4.65 Å². The topological polar surface area (TPSA) is 38.6 Å². The predicted octanol–water partition coefficient (Wildman–Crippen LogP) is 1.90. The van der Waals surface area contributed by atoms with Gasteiger partial charge in [0.05, 0.1) is 12.5 Å². The molecule has 1 aliphatic rings. The third kappa shape index (κ3) is 1.59. The van der Waals surface area contributed by atoms with Gasteiger partial charge in [-0.25, -0.2) is 0 Å². The van der Waals surface area contributed by atoms with E-state index in [9.17, 15) is 8.63 Å². The summed E-state index contributed by atoms with van der Waals surface area (Å²) in [6.45, 7) is 0. The van der Waals surface area contributed by atoms with Crippen molar-refractivity contribution in [3.8, 4) is 0 Å². The van der Waals surface area contributed by atoms with Gasteiger partial charge >= 0.3 is 12.9 Å². The van der Waals surface area contributed by atoms with Crippen LogP contribution in [0.3, 0.4) is 0 Å². The maximum Gasteiger partial charge on any atom is 0.736 e. The van der Waals surface area contributed by atoms with Gasteiger partial charge in [0.2, 0.25) is 5.76 Å². The van der Waals surface area contributed by atoms with Gasteiger partial charge in [-0.3, -0.25) is 0 Å². The lowest BCUT2D eigenvalue weighted by atomic mass is 10.0. The molecule has 1 aliphatic heterocycles. The van der Waals surface area contributed by atoms with E-state index in [2.05, 4.69) is 9.65 Å². The Balaban J connectivity index is 2.15. The first-order chi connectivity index (χ1) is 8.17. The molecule has 86 valence electrons. The number of hydrogen-bond donors (Lipinski definition) is 0. The van der Waals surface area contributed by atoms with E-state index in [1.165, 1.54) is 30.7 Å². The summed E-state index contributed by atoms with van der Waals surface area (Å²) in [5, 5.41) is 0. The van der Waals surface area contributed by atoms with E-state index in [4.69, 9.17) is 4.42 Å². The van der Waals surface area contributed by atoms with E-state index < -0.39 is 7.04 Å². The molecule has 3 rings (SSSR count). The lowest BCUT2D eigenvalue weighted by Gasteiger charge is -2.25. The molecular formula is C10H7BF2N2O2. The van der Waals surface area contributed by atoms with E-state index in [0.29, 0.717) is 4.48 Å². The molecule has 3 heterocycles. The molecule has 7 heteroatoms. The molecule has 0 bridgehead atoms. The van der Waals surface area contributed by atoms with Crippen LogP contribution in [0.2, 0.25) is 0 Å². The Morgan fingerprint density at radius 2 is 2.06 bits per heavy atom. The van der Waals surface area contributed by atoms with Gasteiger partial charge in [0.15, 0.2) is 0 Å². The molecular weight excluding hydrogens is 229 g/mol. The molecule has 0 spiro atoms. The van der Waals surface area contributed by atoms with Gasteiger partial charge in [0, 0.05) is 6.07 Å². The molecule has 0 fully saturated rings. The zero-order valence-corrected chi connectivity index (χ0v) is 8.59. The summed E-state index contributed by atoms with van der Waals surface area (Å²) in [5.41, 5.74) is 0. The summed E-state index contributed by atoms with van der Waals surface area (Å²) in [5.74, 6) is 0.114. The Morgan fingerprint density at radius 3 is 2.82 bits per heavy atom. The van der Waals surface area contributed by atoms with Crippen molar-refractivity contribution in [3.63, 3.8) is 0 Å². The number of rotatable bonds is 1. The third-order valence-electron chi connectivity index (χ3n) is 2.39. The van der Waals surface area contributed by atoms with E-state index in [1.54, 1.807) is 12.1 Å². The molecule has 0 amide bonds. The molecule has 0 atom stereocenters. The first-order valence-corrected chi connectivity index (χ1v) is 5.00.